The highest BCUT2D eigenvalue weighted by atomic mass is 16.2. The lowest BCUT2D eigenvalue weighted by Gasteiger charge is -2.08. The molecule has 2 aliphatic rings. The van der Waals surface area contributed by atoms with Gasteiger partial charge in [0.25, 0.3) is 5.91 Å². The van der Waals surface area contributed by atoms with Gasteiger partial charge in [0.1, 0.15) is 0 Å². The molecule has 1 aromatic carbocycles. The molecule has 1 aliphatic heterocycles. The minimum Gasteiger partial charge on any atom is -0.384 e. The first-order valence-corrected chi connectivity index (χ1v) is 7.17. The van der Waals surface area contributed by atoms with Gasteiger partial charge in [0, 0.05) is 36.8 Å². The Hall–Kier alpha value is -2.04. The van der Waals surface area contributed by atoms with E-state index in [0.717, 1.165) is 31.5 Å². The summed E-state index contributed by atoms with van der Waals surface area (Å²) in [5, 5.41) is 8.91. The van der Waals surface area contributed by atoms with Crippen LogP contribution < -0.4 is 16.0 Å². The lowest BCUT2D eigenvalue weighted by atomic mass is 10.1. The Balaban J connectivity index is 1.45. The molecule has 0 unspecified atom stereocenters. The molecule has 2 amide bonds. The number of amides is 2. The zero-order valence-corrected chi connectivity index (χ0v) is 11.4. The highest BCUT2D eigenvalue weighted by Crippen LogP contribution is 2.28. The van der Waals surface area contributed by atoms with Gasteiger partial charge in [-0.15, -0.1) is 0 Å². The maximum absolute atomic E-state index is 12.0. The quantitative estimate of drug-likeness (QED) is 0.698. The normalized spacial score (nSPS) is 16.2. The predicted octanol–water partition coefficient (Wildman–Crippen LogP) is 0.911. The Kier molecular flexibility index (Phi) is 3.58. The van der Waals surface area contributed by atoms with Crippen molar-refractivity contribution in [2.75, 3.05) is 25.0 Å². The van der Waals surface area contributed by atoms with E-state index in [2.05, 4.69) is 16.0 Å². The van der Waals surface area contributed by atoms with Gasteiger partial charge in [0.05, 0.1) is 0 Å². The van der Waals surface area contributed by atoms with Crippen molar-refractivity contribution in [1.82, 2.24) is 10.6 Å². The van der Waals surface area contributed by atoms with Crippen molar-refractivity contribution in [3.8, 4) is 0 Å². The molecule has 1 fully saturated rings. The summed E-state index contributed by atoms with van der Waals surface area (Å²) in [4.78, 5) is 23.4. The third kappa shape index (κ3) is 2.92. The Morgan fingerprint density at radius 3 is 2.80 bits per heavy atom. The third-order valence-electron chi connectivity index (χ3n) is 3.74. The maximum atomic E-state index is 12.0. The number of carbonyl (C=O) groups is 2. The molecule has 0 spiro atoms. The molecule has 1 heterocycles. The zero-order valence-electron chi connectivity index (χ0n) is 11.4. The van der Waals surface area contributed by atoms with E-state index in [1.807, 2.05) is 18.2 Å². The summed E-state index contributed by atoms with van der Waals surface area (Å²) in [5.41, 5.74) is 2.98. The molecule has 0 radical (unpaired) electrons. The van der Waals surface area contributed by atoms with E-state index >= 15 is 0 Å². The van der Waals surface area contributed by atoms with Crippen LogP contribution in [0.25, 0.3) is 0 Å². The van der Waals surface area contributed by atoms with Crippen molar-refractivity contribution >= 4 is 17.5 Å². The van der Waals surface area contributed by atoms with Crippen LogP contribution in [-0.2, 0) is 11.2 Å². The standard InChI is InChI=1S/C15H19N3O2/c19-14(11-2-3-11)17-7-8-18-15(20)12-4-1-10-5-6-16-13(10)9-12/h1,4,9,11,16H,2-3,5-8H2,(H,17,19)(H,18,20). The van der Waals surface area contributed by atoms with Crippen LogP contribution in [0.1, 0.15) is 28.8 Å². The monoisotopic (exact) mass is 273 g/mol. The summed E-state index contributed by atoms with van der Waals surface area (Å²) in [5.74, 6) is 0.233. The summed E-state index contributed by atoms with van der Waals surface area (Å²) in [6.45, 7) is 1.89. The number of anilines is 1. The molecule has 1 aromatic rings. The van der Waals surface area contributed by atoms with Gasteiger partial charge < -0.3 is 16.0 Å². The van der Waals surface area contributed by atoms with E-state index in [9.17, 15) is 9.59 Å². The van der Waals surface area contributed by atoms with Gasteiger partial charge in [-0.3, -0.25) is 9.59 Å². The number of hydrogen-bond donors (Lipinski definition) is 3. The van der Waals surface area contributed by atoms with Crippen molar-refractivity contribution < 1.29 is 9.59 Å². The molecule has 3 rings (SSSR count). The molecule has 5 heteroatoms. The molecule has 3 N–H and O–H groups in total. The van der Waals surface area contributed by atoms with E-state index < -0.39 is 0 Å². The molecule has 20 heavy (non-hydrogen) atoms. The Bertz CT molecular complexity index is 538. The summed E-state index contributed by atoms with van der Waals surface area (Å²) in [7, 11) is 0. The second kappa shape index (κ2) is 5.53. The second-order valence-electron chi connectivity index (χ2n) is 5.37. The fourth-order valence-corrected chi connectivity index (χ4v) is 2.39. The highest BCUT2D eigenvalue weighted by molar-refractivity contribution is 5.95. The number of nitrogens with one attached hydrogen (secondary N) is 3. The van der Waals surface area contributed by atoms with Crippen LogP contribution in [0.3, 0.4) is 0 Å². The van der Waals surface area contributed by atoms with Crippen molar-refractivity contribution in [2.45, 2.75) is 19.3 Å². The first-order chi connectivity index (χ1) is 9.74. The minimum absolute atomic E-state index is 0.0952. The lowest BCUT2D eigenvalue weighted by molar-refractivity contribution is -0.122. The van der Waals surface area contributed by atoms with Crippen LogP contribution in [0.5, 0.6) is 0 Å². The molecular formula is C15H19N3O2. The summed E-state index contributed by atoms with van der Waals surface area (Å²) in [6.07, 6.45) is 3.02. The summed E-state index contributed by atoms with van der Waals surface area (Å²) >= 11 is 0. The molecular weight excluding hydrogens is 254 g/mol. The van der Waals surface area contributed by atoms with Crippen LogP contribution in [0.2, 0.25) is 0 Å². The number of carbonyl (C=O) groups excluding carboxylic acids is 2. The molecule has 0 saturated heterocycles. The van der Waals surface area contributed by atoms with Crippen molar-refractivity contribution in [1.29, 1.82) is 0 Å². The topological polar surface area (TPSA) is 70.2 Å². The Labute approximate surface area is 118 Å². The number of hydrogen-bond acceptors (Lipinski definition) is 3. The number of rotatable bonds is 5. The molecule has 1 saturated carbocycles. The molecule has 5 nitrogen and oxygen atoms in total. The fourth-order valence-electron chi connectivity index (χ4n) is 2.39. The molecule has 0 bridgehead atoms. The fraction of sp³-hybridized carbons (Fsp3) is 0.467. The lowest BCUT2D eigenvalue weighted by Crippen LogP contribution is -2.35. The molecule has 1 aliphatic carbocycles. The van der Waals surface area contributed by atoms with Gasteiger partial charge in [0.15, 0.2) is 0 Å². The zero-order chi connectivity index (χ0) is 13.9. The van der Waals surface area contributed by atoms with Crippen molar-refractivity contribution in [2.24, 2.45) is 5.92 Å². The van der Waals surface area contributed by atoms with E-state index in [-0.39, 0.29) is 17.7 Å². The third-order valence-corrected chi connectivity index (χ3v) is 3.74. The van der Waals surface area contributed by atoms with Gasteiger partial charge in [-0.05, 0) is 37.0 Å². The Morgan fingerprint density at radius 1 is 1.20 bits per heavy atom. The smallest absolute Gasteiger partial charge is 0.251 e. The van der Waals surface area contributed by atoms with Gasteiger partial charge in [-0.1, -0.05) is 6.07 Å². The predicted molar refractivity (Wildman–Crippen MR) is 76.7 cm³/mol. The molecule has 0 aromatic heterocycles. The van der Waals surface area contributed by atoms with Crippen LogP contribution >= 0.6 is 0 Å². The largest absolute Gasteiger partial charge is 0.384 e. The van der Waals surface area contributed by atoms with Crippen LogP contribution in [0.15, 0.2) is 18.2 Å². The van der Waals surface area contributed by atoms with Gasteiger partial charge in [-0.2, -0.15) is 0 Å². The van der Waals surface area contributed by atoms with E-state index in [4.69, 9.17) is 0 Å². The van der Waals surface area contributed by atoms with E-state index in [1.165, 1.54) is 5.56 Å². The minimum atomic E-state index is -0.0952. The molecule has 106 valence electrons. The van der Waals surface area contributed by atoms with Crippen LogP contribution in [-0.4, -0.2) is 31.4 Å². The van der Waals surface area contributed by atoms with Gasteiger partial charge in [-0.25, -0.2) is 0 Å². The number of benzene rings is 1. The second-order valence-corrected chi connectivity index (χ2v) is 5.37. The van der Waals surface area contributed by atoms with Gasteiger partial charge >= 0.3 is 0 Å². The maximum Gasteiger partial charge on any atom is 0.251 e. The van der Waals surface area contributed by atoms with E-state index in [1.54, 1.807) is 0 Å². The van der Waals surface area contributed by atoms with E-state index in [0.29, 0.717) is 18.7 Å². The highest BCUT2D eigenvalue weighted by Gasteiger charge is 2.29. The van der Waals surface area contributed by atoms with Crippen molar-refractivity contribution in [3.63, 3.8) is 0 Å². The Morgan fingerprint density at radius 2 is 2.00 bits per heavy atom. The van der Waals surface area contributed by atoms with Crippen molar-refractivity contribution in [3.05, 3.63) is 29.3 Å². The first-order valence-electron chi connectivity index (χ1n) is 7.17. The van der Waals surface area contributed by atoms with Crippen LogP contribution in [0, 0.1) is 5.92 Å². The molecule has 0 atom stereocenters. The van der Waals surface area contributed by atoms with Crippen LogP contribution in [0.4, 0.5) is 5.69 Å². The van der Waals surface area contributed by atoms with Gasteiger partial charge in [0.2, 0.25) is 5.91 Å². The summed E-state index contributed by atoms with van der Waals surface area (Å²) < 4.78 is 0. The average Bonchev–Trinajstić information content (AvgIpc) is 3.20. The summed E-state index contributed by atoms with van der Waals surface area (Å²) in [6, 6.07) is 5.74. The number of fused-ring (bicyclic) bond motifs is 1. The first kappa shape index (κ1) is 13.0. The average molecular weight is 273 g/mol. The SMILES string of the molecule is O=C(NCCNC(=O)C1CC1)c1ccc2c(c1)NCC2.